The molecule has 0 saturated carbocycles. The van der Waals surface area contributed by atoms with Crippen LogP contribution in [0.4, 0.5) is 0 Å². The fourth-order valence-corrected chi connectivity index (χ4v) is 2.35. The molecule has 1 aromatic carbocycles. The first kappa shape index (κ1) is 13.4. The lowest BCUT2D eigenvalue weighted by Crippen LogP contribution is -2.19. The molecule has 7 heteroatoms. The van der Waals surface area contributed by atoms with Crippen molar-refractivity contribution in [2.75, 3.05) is 7.11 Å². The molecule has 106 valence electrons. The van der Waals surface area contributed by atoms with Gasteiger partial charge in [0.1, 0.15) is 0 Å². The van der Waals surface area contributed by atoms with Crippen molar-refractivity contribution < 1.29 is 14.7 Å². The molecule has 0 aliphatic rings. The van der Waals surface area contributed by atoms with Crippen LogP contribution in [0.1, 0.15) is 10.4 Å². The topological polar surface area (TPSA) is 81.4 Å². The van der Waals surface area contributed by atoms with Gasteiger partial charge in [-0.05, 0) is 24.3 Å². The Morgan fingerprint density at radius 3 is 2.81 bits per heavy atom. The van der Waals surface area contributed by atoms with Gasteiger partial charge in [-0.3, -0.25) is 9.78 Å². The predicted octanol–water partition coefficient (Wildman–Crippen LogP) is 2.23. The first-order valence-electron chi connectivity index (χ1n) is 5.94. The Morgan fingerprint density at radius 2 is 2.10 bits per heavy atom. The number of fused-ring (bicyclic) bond motifs is 3. The Morgan fingerprint density at radius 1 is 1.33 bits per heavy atom. The van der Waals surface area contributed by atoms with Crippen LogP contribution in [0.15, 0.2) is 35.3 Å². The summed E-state index contributed by atoms with van der Waals surface area (Å²) >= 11 is 5.94. The number of esters is 1. The number of hydrogen-bond acceptors (Lipinski definition) is 5. The lowest BCUT2D eigenvalue weighted by molar-refractivity contribution is 0.0600. The Balaban J connectivity index is 2.49. The molecule has 0 saturated heterocycles. The van der Waals surface area contributed by atoms with Gasteiger partial charge in [0.25, 0.3) is 5.56 Å². The van der Waals surface area contributed by atoms with E-state index in [9.17, 15) is 14.8 Å². The minimum atomic E-state index is -0.668. The van der Waals surface area contributed by atoms with Gasteiger partial charge < -0.3 is 9.94 Å². The van der Waals surface area contributed by atoms with Crippen LogP contribution in [0.5, 0.6) is 0 Å². The number of aromatic nitrogens is 2. The van der Waals surface area contributed by atoms with Crippen LogP contribution in [0.25, 0.3) is 21.8 Å². The van der Waals surface area contributed by atoms with E-state index in [1.807, 2.05) is 0 Å². The number of rotatable bonds is 1. The van der Waals surface area contributed by atoms with E-state index in [0.717, 1.165) is 0 Å². The summed E-state index contributed by atoms with van der Waals surface area (Å²) in [6.07, 6.45) is 1.32. The first-order valence-corrected chi connectivity index (χ1v) is 6.32. The largest absolute Gasteiger partial charge is 0.465 e. The molecule has 2 aromatic heterocycles. The molecule has 21 heavy (non-hydrogen) atoms. The zero-order chi connectivity index (χ0) is 15.1. The van der Waals surface area contributed by atoms with Crippen molar-refractivity contribution in [2.45, 2.75) is 0 Å². The van der Waals surface area contributed by atoms with Crippen LogP contribution >= 0.6 is 11.6 Å². The van der Waals surface area contributed by atoms with Crippen molar-refractivity contribution in [3.05, 3.63) is 51.4 Å². The standard InChI is InChI=1S/C14H9ClN2O4/c1-21-14(19)7-4-10-12(16-6-7)9-5-8(15)2-3-11(9)17(20)13(10)18/h2-6,20H,1H3. The summed E-state index contributed by atoms with van der Waals surface area (Å²) in [4.78, 5) is 27.8. The average Bonchev–Trinajstić information content (AvgIpc) is 2.51. The van der Waals surface area contributed by atoms with E-state index < -0.39 is 11.5 Å². The fraction of sp³-hybridized carbons (Fsp3) is 0.0714. The normalized spacial score (nSPS) is 11.0. The van der Waals surface area contributed by atoms with Crippen molar-refractivity contribution in [3.8, 4) is 0 Å². The smallest absolute Gasteiger partial charge is 0.339 e. The summed E-state index contributed by atoms with van der Waals surface area (Å²) < 4.78 is 5.10. The molecule has 1 N–H and O–H groups in total. The van der Waals surface area contributed by atoms with Gasteiger partial charge in [0, 0.05) is 16.6 Å². The monoisotopic (exact) mass is 304 g/mol. The Labute approximate surface area is 123 Å². The number of benzene rings is 1. The molecule has 0 spiro atoms. The van der Waals surface area contributed by atoms with Crippen LogP contribution in [0.2, 0.25) is 5.02 Å². The lowest BCUT2D eigenvalue weighted by Gasteiger charge is -2.08. The molecule has 0 aliphatic heterocycles. The van der Waals surface area contributed by atoms with Gasteiger partial charge in [0.2, 0.25) is 0 Å². The third-order valence-electron chi connectivity index (χ3n) is 3.17. The van der Waals surface area contributed by atoms with Crippen LogP contribution in [-0.2, 0) is 4.74 Å². The summed E-state index contributed by atoms with van der Waals surface area (Å²) in [5, 5.41) is 11.0. The third kappa shape index (κ3) is 2.00. The molecule has 0 amide bonds. The van der Waals surface area contributed by atoms with Gasteiger partial charge in [-0.1, -0.05) is 11.6 Å². The number of ether oxygens (including phenoxy) is 1. The number of hydrogen-bond donors (Lipinski definition) is 1. The van der Waals surface area contributed by atoms with Gasteiger partial charge in [-0.2, -0.15) is 0 Å². The van der Waals surface area contributed by atoms with Gasteiger partial charge in [0.05, 0.1) is 29.1 Å². The molecule has 0 aliphatic carbocycles. The van der Waals surface area contributed by atoms with Crippen molar-refractivity contribution in [1.29, 1.82) is 0 Å². The highest BCUT2D eigenvalue weighted by molar-refractivity contribution is 6.31. The Kier molecular flexibility index (Phi) is 3.03. The van der Waals surface area contributed by atoms with E-state index in [2.05, 4.69) is 9.72 Å². The van der Waals surface area contributed by atoms with Crippen molar-refractivity contribution in [2.24, 2.45) is 0 Å². The number of methoxy groups -OCH3 is 1. The lowest BCUT2D eigenvalue weighted by atomic mass is 10.1. The minimum absolute atomic E-state index is 0.107. The molecule has 6 nitrogen and oxygen atoms in total. The number of carbonyl (C=O) groups excluding carboxylic acids is 1. The molecule has 0 unspecified atom stereocenters. The van der Waals surface area contributed by atoms with Gasteiger partial charge in [-0.25, -0.2) is 4.79 Å². The summed E-state index contributed by atoms with van der Waals surface area (Å²) in [5.41, 5.74) is 0.104. The molecule has 3 aromatic rings. The highest BCUT2D eigenvalue weighted by Gasteiger charge is 2.15. The van der Waals surface area contributed by atoms with Crippen LogP contribution in [0, 0.1) is 0 Å². The van der Waals surface area contributed by atoms with Gasteiger partial charge in [0.15, 0.2) is 0 Å². The number of halogens is 1. The maximum absolute atomic E-state index is 12.2. The second-order valence-corrected chi connectivity index (χ2v) is 4.83. The fourth-order valence-electron chi connectivity index (χ4n) is 2.18. The van der Waals surface area contributed by atoms with Gasteiger partial charge >= 0.3 is 5.97 Å². The van der Waals surface area contributed by atoms with E-state index in [0.29, 0.717) is 20.7 Å². The third-order valence-corrected chi connectivity index (χ3v) is 3.41. The Hall–Kier alpha value is -2.60. The molecular weight excluding hydrogens is 296 g/mol. The minimum Gasteiger partial charge on any atom is -0.465 e. The summed E-state index contributed by atoms with van der Waals surface area (Å²) in [6.45, 7) is 0. The van der Waals surface area contributed by atoms with Crippen molar-refractivity contribution in [3.63, 3.8) is 0 Å². The van der Waals surface area contributed by atoms with Gasteiger partial charge in [-0.15, -0.1) is 4.73 Å². The molecular formula is C14H9ClN2O4. The molecule has 3 rings (SSSR count). The maximum Gasteiger partial charge on any atom is 0.339 e. The number of pyridine rings is 2. The first-order chi connectivity index (χ1) is 10.0. The van der Waals surface area contributed by atoms with Crippen LogP contribution in [0.3, 0.4) is 0 Å². The summed E-state index contributed by atoms with van der Waals surface area (Å²) in [7, 11) is 1.23. The highest BCUT2D eigenvalue weighted by atomic mass is 35.5. The van der Waals surface area contributed by atoms with Crippen LogP contribution < -0.4 is 5.56 Å². The van der Waals surface area contributed by atoms with Crippen LogP contribution in [-0.4, -0.2) is 28.0 Å². The summed E-state index contributed by atoms with van der Waals surface area (Å²) in [6, 6.07) is 6.01. The highest BCUT2D eigenvalue weighted by Crippen LogP contribution is 2.24. The second kappa shape index (κ2) is 4.75. The quantitative estimate of drug-likeness (QED) is 0.423. The van der Waals surface area contributed by atoms with Crippen molar-refractivity contribution >= 4 is 39.4 Å². The van der Waals surface area contributed by atoms with E-state index >= 15 is 0 Å². The zero-order valence-electron chi connectivity index (χ0n) is 10.8. The molecule has 0 radical (unpaired) electrons. The maximum atomic E-state index is 12.2. The second-order valence-electron chi connectivity index (χ2n) is 4.39. The molecule has 0 bridgehead atoms. The SMILES string of the molecule is COC(=O)c1cnc2c(c1)c(=O)n(O)c1ccc(Cl)cc21. The number of nitrogens with zero attached hydrogens (tertiary/aromatic N) is 2. The molecule has 0 fully saturated rings. The summed E-state index contributed by atoms with van der Waals surface area (Å²) in [5.74, 6) is -0.612. The van der Waals surface area contributed by atoms with E-state index in [1.54, 1.807) is 12.1 Å². The average molecular weight is 305 g/mol. The van der Waals surface area contributed by atoms with E-state index in [1.165, 1.54) is 25.4 Å². The molecule has 0 atom stereocenters. The number of carbonyl (C=O) groups is 1. The van der Waals surface area contributed by atoms with Crippen molar-refractivity contribution in [1.82, 2.24) is 9.71 Å². The molecule has 2 heterocycles. The predicted molar refractivity (Wildman–Crippen MR) is 77.0 cm³/mol. The van der Waals surface area contributed by atoms with E-state index in [4.69, 9.17) is 11.6 Å². The van der Waals surface area contributed by atoms with E-state index in [-0.39, 0.29) is 16.5 Å². The zero-order valence-corrected chi connectivity index (χ0v) is 11.6. The Bertz CT molecular complexity index is 949.